The smallest absolute Gasteiger partial charge is 0.411 e. The molecule has 1 saturated carbocycles. The molecule has 4 rings (SSSR count). The lowest BCUT2D eigenvalue weighted by Crippen LogP contribution is -2.55. The van der Waals surface area contributed by atoms with Crippen LogP contribution in [0.25, 0.3) is 0 Å². The molecule has 2 aliphatic heterocycles. The van der Waals surface area contributed by atoms with Gasteiger partial charge in [0.1, 0.15) is 17.7 Å². The largest absolute Gasteiger partial charge is 0.444 e. The molecule has 2 N–H and O–H groups in total. The summed E-state index contributed by atoms with van der Waals surface area (Å²) in [6.45, 7) is 9.03. The van der Waals surface area contributed by atoms with E-state index in [1.165, 1.54) is 48.8 Å². The van der Waals surface area contributed by atoms with E-state index in [4.69, 9.17) is 9.47 Å². The van der Waals surface area contributed by atoms with Crippen LogP contribution in [0.5, 0.6) is 0 Å². The minimum absolute atomic E-state index is 0.207. The minimum Gasteiger partial charge on any atom is -0.444 e. The van der Waals surface area contributed by atoms with Crippen molar-refractivity contribution in [2.45, 2.75) is 77.1 Å². The summed E-state index contributed by atoms with van der Waals surface area (Å²) in [6.07, 6.45) is 5.83. The van der Waals surface area contributed by atoms with E-state index in [0.29, 0.717) is 29.8 Å². The molecule has 1 aromatic carbocycles. The Morgan fingerprint density at radius 2 is 1.80 bits per heavy atom. The van der Waals surface area contributed by atoms with Gasteiger partial charge < -0.3 is 25.0 Å². The zero-order valence-corrected chi connectivity index (χ0v) is 26.3. The van der Waals surface area contributed by atoms with Gasteiger partial charge in [0.15, 0.2) is 0 Å². The van der Waals surface area contributed by atoms with Crippen LogP contribution in [-0.4, -0.2) is 89.9 Å². The first-order valence-electron chi connectivity index (χ1n) is 14.8. The molecule has 3 fully saturated rings. The zero-order chi connectivity index (χ0) is 29.2. The quantitative estimate of drug-likeness (QED) is 0.408. The summed E-state index contributed by atoms with van der Waals surface area (Å²) in [6, 6.07) is 6.87. The predicted molar refractivity (Wildman–Crippen MR) is 166 cm³/mol. The Kier molecular flexibility index (Phi) is 11.9. The normalized spacial score (nSPS) is 20.9. The third kappa shape index (κ3) is 9.99. The maximum Gasteiger partial charge on any atom is 0.411 e. The van der Waals surface area contributed by atoms with Gasteiger partial charge in [-0.05, 0) is 63.0 Å². The summed E-state index contributed by atoms with van der Waals surface area (Å²) >= 11 is 3.25. The molecule has 0 spiro atoms. The van der Waals surface area contributed by atoms with E-state index in [-0.39, 0.29) is 11.8 Å². The van der Waals surface area contributed by atoms with Crippen molar-refractivity contribution in [2.24, 2.45) is 5.92 Å². The SMILES string of the molecule is CC(C)(C)OC(=O)N1CSC[C@H]1C(=O)N[C@@H](CSCC1CCCCC1)C(=O)NCc1ccc(N2CCOCC2)cc1. The number of hydrogen-bond acceptors (Lipinski definition) is 8. The fourth-order valence-electron chi connectivity index (χ4n) is 5.28. The van der Waals surface area contributed by atoms with Crippen molar-refractivity contribution in [1.29, 1.82) is 0 Å². The summed E-state index contributed by atoms with van der Waals surface area (Å²) < 4.78 is 11.0. The molecule has 3 amide bonds. The van der Waals surface area contributed by atoms with E-state index in [9.17, 15) is 14.4 Å². The number of hydrogen-bond donors (Lipinski definition) is 2. The van der Waals surface area contributed by atoms with E-state index in [1.807, 2.05) is 32.9 Å². The summed E-state index contributed by atoms with van der Waals surface area (Å²) in [5.41, 5.74) is 1.50. The van der Waals surface area contributed by atoms with Crippen molar-refractivity contribution in [3.63, 3.8) is 0 Å². The molecule has 11 heteroatoms. The van der Waals surface area contributed by atoms with Gasteiger partial charge in [-0.3, -0.25) is 14.5 Å². The maximum absolute atomic E-state index is 13.4. The number of nitrogens with one attached hydrogen (secondary N) is 2. The van der Waals surface area contributed by atoms with Gasteiger partial charge in [0.05, 0.1) is 19.1 Å². The van der Waals surface area contributed by atoms with Crippen LogP contribution >= 0.6 is 23.5 Å². The van der Waals surface area contributed by atoms with Gasteiger partial charge >= 0.3 is 6.09 Å². The average molecular weight is 607 g/mol. The lowest BCUT2D eigenvalue weighted by molar-refractivity contribution is -0.130. The number of benzene rings is 1. The van der Waals surface area contributed by atoms with E-state index in [0.717, 1.165) is 43.3 Å². The fraction of sp³-hybridized carbons (Fsp3) is 0.700. The number of carbonyl (C=O) groups is 3. The first-order chi connectivity index (χ1) is 19.7. The molecule has 2 atom stereocenters. The Bertz CT molecular complexity index is 1010. The maximum atomic E-state index is 13.4. The molecular weight excluding hydrogens is 560 g/mol. The monoisotopic (exact) mass is 606 g/mol. The van der Waals surface area contributed by atoms with Crippen LogP contribution in [0.4, 0.5) is 10.5 Å². The number of rotatable bonds is 10. The van der Waals surface area contributed by atoms with Crippen LogP contribution in [-0.2, 0) is 25.6 Å². The van der Waals surface area contributed by atoms with Gasteiger partial charge in [-0.15, -0.1) is 11.8 Å². The topological polar surface area (TPSA) is 100 Å². The second kappa shape index (κ2) is 15.4. The van der Waals surface area contributed by atoms with Crippen molar-refractivity contribution in [3.8, 4) is 0 Å². The van der Waals surface area contributed by atoms with Gasteiger partial charge in [0.25, 0.3) is 0 Å². The molecule has 0 radical (unpaired) electrons. The Labute approximate surface area is 253 Å². The van der Waals surface area contributed by atoms with E-state index in [2.05, 4.69) is 27.7 Å². The van der Waals surface area contributed by atoms with Crippen molar-refractivity contribution >= 4 is 47.1 Å². The predicted octanol–water partition coefficient (Wildman–Crippen LogP) is 4.25. The minimum atomic E-state index is -0.685. The van der Waals surface area contributed by atoms with Gasteiger partial charge in [-0.2, -0.15) is 11.8 Å². The van der Waals surface area contributed by atoms with Crippen LogP contribution in [0.2, 0.25) is 0 Å². The summed E-state index contributed by atoms with van der Waals surface area (Å²) in [5.74, 6) is 2.51. The van der Waals surface area contributed by atoms with E-state index in [1.54, 1.807) is 11.8 Å². The summed E-state index contributed by atoms with van der Waals surface area (Å²) in [7, 11) is 0. The highest BCUT2D eigenvalue weighted by Gasteiger charge is 2.38. The highest BCUT2D eigenvalue weighted by atomic mass is 32.2. The fourth-order valence-corrected chi connectivity index (χ4v) is 7.69. The van der Waals surface area contributed by atoms with Crippen LogP contribution in [0.15, 0.2) is 24.3 Å². The van der Waals surface area contributed by atoms with Gasteiger partial charge in [0.2, 0.25) is 11.8 Å². The van der Waals surface area contributed by atoms with E-state index < -0.39 is 23.8 Å². The molecule has 9 nitrogen and oxygen atoms in total. The Morgan fingerprint density at radius 1 is 1.10 bits per heavy atom. The molecule has 0 bridgehead atoms. The average Bonchev–Trinajstić information content (AvgIpc) is 3.47. The van der Waals surface area contributed by atoms with Crippen LogP contribution in [0, 0.1) is 5.92 Å². The number of morpholine rings is 1. The zero-order valence-electron chi connectivity index (χ0n) is 24.7. The second-order valence-corrected chi connectivity index (χ2v) is 14.1. The molecule has 1 aliphatic carbocycles. The number of amides is 3. The second-order valence-electron chi connectivity index (χ2n) is 12.1. The lowest BCUT2D eigenvalue weighted by atomic mass is 9.91. The van der Waals surface area contributed by atoms with Crippen molar-refractivity contribution in [1.82, 2.24) is 15.5 Å². The third-order valence-corrected chi connectivity index (χ3v) is 9.88. The molecule has 2 saturated heterocycles. The van der Waals surface area contributed by atoms with Gasteiger partial charge in [-0.1, -0.05) is 31.4 Å². The van der Waals surface area contributed by atoms with Crippen molar-refractivity contribution < 1.29 is 23.9 Å². The molecule has 41 heavy (non-hydrogen) atoms. The standard InChI is InChI=1S/C30H46N4O5S2/c1-30(2,3)39-29(37)34-21-41-20-26(34)28(36)32-25(19-40-18-23-7-5-4-6-8-23)27(35)31-17-22-9-11-24(12-10-22)33-13-15-38-16-14-33/h9-12,23,25-26H,4-8,13-21H2,1-3H3,(H,31,35)(H,32,36)/t25-,26-/m0/s1. The van der Waals surface area contributed by atoms with Crippen LogP contribution < -0.4 is 15.5 Å². The van der Waals surface area contributed by atoms with Gasteiger partial charge in [0, 0.05) is 36.8 Å². The van der Waals surface area contributed by atoms with E-state index >= 15 is 0 Å². The van der Waals surface area contributed by atoms with Gasteiger partial charge in [-0.25, -0.2) is 4.79 Å². The van der Waals surface area contributed by atoms with Crippen molar-refractivity contribution in [3.05, 3.63) is 29.8 Å². The number of ether oxygens (including phenoxy) is 2. The molecule has 3 aliphatic rings. The number of carbonyl (C=O) groups excluding carboxylic acids is 3. The lowest BCUT2D eigenvalue weighted by Gasteiger charge is -2.29. The molecule has 0 aromatic heterocycles. The number of nitrogens with zero attached hydrogens (tertiary/aromatic N) is 2. The first kappa shape index (κ1) is 31.8. The number of anilines is 1. The highest BCUT2D eigenvalue weighted by molar-refractivity contribution is 7.99. The Hall–Kier alpha value is -2.11. The summed E-state index contributed by atoms with van der Waals surface area (Å²) in [4.78, 5) is 43.3. The third-order valence-electron chi connectivity index (χ3n) is 7.59. The van der Waals surface area contributed by atoms with Crippen LogP contribution in [0.1, 0.15) is 58.4 Å². The molecule has 2 heterocycles. The Morgan fingerprint density at radius 3 is 2.49 bits per heavy atom. The summed E-state index contributed by atoms with van der Waals surface area (Å²) in [5, 5.41) is 6.02. The molecule has 228 valence electrons. The highest BCUT2D eigenvalue weighted by Crippen LogP contribution is 2.27. The molecular formula is C30H46N4O5S2. The Balaban J connectivity index is 1.35. The van der Waals surface area contributed by atoms with Crippen molar-refractivity contribution in [2.75, 3.05) is 54.3 Å². The van der Waals surface area contributed by atoms with Crippen LogP contribution in [0.3, 0.4) is 0 Å². The number of thioether (sulfide) groups is 2. The first-order valence-corrected chi connectivity index (χ1v) is 17.2. The molecule has 0 unspecified atom stereocenters. The molecule has 1 aromatic rings.